The Morgan fingerprint density at radius 3 is 1.55 bits per heavy atom. The van der Waals surface area contributed by atoms with E-state index in [1.807, 2.05) is 54.2 Å². The van der Waals surface area contributed by atoms with E-state index in [4.69, 9.17) is 40.3 Å². The molecule has 0 bridgehead atoms. The van der Waals surface area contributed by atoms with Gasteiger partial charge in [-0.15, -0.1) is 0 Å². The number of nitrogen functional groups attached to an aromatic ring is 1. The molecule has 2 atom stereocenters. The highest BCUT2D eigenvalue weighted by atomic mass is 35.5. The highest BCUT2D eigenvalue weighted by molar-refractivity contribution is 6.53. The summed E-state index contributed by atoms with van der Waals surface area (Å²) in [6.45, 7) is 23.0. The lowest BCUT2D eigenvalue weighted by atomic mass is 9.99. The first-order valence-corrected chi connectivity index (χ1v) is 36.7. The smallest absolute Gasteiger partial charge is 0.333 e. The lowest BCUT2D eigenvalue weighted by Gasteiger charge is -2.38. The van der Waals surface area contributed by atoms with Crippen molar-refractivity contribution in [2.24, 2.45) is 0 Å². The highest BCUT2D eigenvalue weighted by Gasteiger charge is 2.30. The first-order chi connectivity index (χ1) is 56.9. The van der Waals surface area contributed by atoms with E-state index in [1.54, 1.807) is 140 Å². The summed E-state index contributed by atoms with van der Waals surface area (Å²) in [5.74, 6) is -0.930. The van der Waals surface area contributed by atoms with Gasteiger partial charge in [0.1, 0.15) is 58.1 Å². The summed E-state index contributed by atoms with van der Waals surface area (Å²) >= 11 is 6.18. The molecule has 14 aromatic rings. The van der Waals surface area contributed by atoms with Crippen LogP contribution in [0.1, 0.15) is 46.9 Å². The molecule has 0 aliphatic carbocycles. The van der Waals surface area contributed by atoms with Crippen LogP contribution >= 0.6 is 11.6 Å². The summed E-state index contributed by atoms with van der Waals surface area (Å²) in [6.07, 6.45) is 25.0. The van der Waals surface area contributed by atoms with Gasteiger partial charge in [0.05, 0.1) is 59.5 Å². The maximum Gasteiger partial charge on any atom is 0.333 e. The van der Waals surface area contributed by atoms with E-state index in [1.165, 1.54) is 104 Å². The molecule has 588 valence electrons. The Kier molecular flexibility index (Phi) is 29.3. The van der Waals surface area contributed by atoms with Crippen molar-refractivity contribution < 1.29 is 41.0 Å². The number of likely N-dealkylation sites (N-methyl/N-ethyl adjacent to an activating group) is 1. The number of aromatic amines is 2. The highest BCUT2D eigenvalue weighted by Crippen LogP contribution is 2.41. The number of nitrogens with one attached hydrogen (secondary N) is 3. The number of piperazine rings is 1. The lowest BCUT2D eigenvalue weighted by molar-refractivity contribution is -0.137. The minimum absolute atomic E-state index is 0.120. The Hall–Kier alpha value is -14.7. The fraction of sp³-hybridized carbons (Fsp3) is 0.125. The van der Waals surface area contributed by atoms with Crippen LogP contribution in [0.15, 0.2) is 279 Å². The number of pyridine rings is 5. The van der Waals surface area contributed by atoms with E-state index in [-0.39, 0.29) is 46.7 Å². The summed E-state index contributed by atoms with van der Waals surface area (Å²) in [5.41, 5.74) is 19.0. The minimum Gasteiger partial charge on any atom is -0.501 e. The molecular weight excluding hydrogens is 1520 g/mol. The van der Waals surface area contributed by atoms with Crippen molar-refractivity contribution in [3.8, 4) is 67.2 Å². The first kappa shape index (κ1) is 83.2. The molecule has 0 saturated carbocycles. The van der Waals surface area contributed by atoms with Crippen LogP contribution < -0.4 is 16.6 Å². The number of aromatic nitrogens is 12. The van der Waals surface area contributed by atoms with E-state index in [2.05, 4.69) is 87.9 Å². The van der Waals surface area contributed by atoms with E-state index in [9.17, 15) is 36.3 Å². The molecule has 0 radical (unpaired) electrons. The van der Waals surface area contributed by atoms with Crippen molar-refractivity contribution in [3.05, 3.63) is 359 Å². The van der Waals surface area contributed by atoms with E-state index in [0.717, 1.165) is 93.5 Å². The fourth-order valence-electron chi connectivity index (χ4n) is 12.0. The second kappa shape index (κ2) is 41.2. The van der Waals surface area contributed by atoms with Crippen LogP contribution in [0.2, 0.25) is 0 Å². The molecule has 11 heterocycles. The Morgan fingerprint density at radius 1 is 0.573 bits per heavy atom. The number of esters is 1. The maximum atomic E-state index is 13.5. The van der Waals surface area contributed by atoms with Crippen LogP contribution in [0, 0.1) is 42.2 Å². The summed E-state index contributed by atoms with van der Waals surface area (Å²) < 4.78 is 78.1. The molecule has 1 fully saturated rings. The Labute approximate surface area is 674 Å². The van der Waals surface area contributed by atoms with Gasteiger partial charge >= 0.3 is 12.0 Å². The third-order valence-corrected chi connectivity index (χ3v) is 18.2. The summed E-state index contributed by atoms with van der Waals surface area (Å²) in [4.78, 5) is 68.6. The largest absolute Gasteiger partial charge is 0.501 e. The van der Waals surface area contributed by atoms with E-state index < -0.39 is 11.9 Å². The number of ether oxygens (including phenoxy) is 2. The average Bonchev–Trinajstić information content (AvgIpc) is 1.62. The van der Waals surface area contributed by atoms with Crippen molar-refractivity contribution in [1.82, 2.24) is 69.3 Å². The molecule has 5 aromatic carbocycles. The quantitative estimate of drug-likeness (QED) is 0.0175. The topological polar surface area (TPSA) is 267 Å². The number of hydrogen-bond acceptors (Lipinski definition) is 17. The first-order valence-electron chi connectivity index (χ1n) is 36.3. The number of carbonyl (C=O) groups is 2. The van der Waals surface area contributed by atoms with Gasteiger partial charge in [-0.05, 0) is 225 Å². The zero-order valence-corrected chi connectivity index (χ0v) is 63.9. The van der Waals surface area contributed by atoms with Crippen molar-refractivity contribution in [2.45, 2.75) is 26.1 Å². The molecule has 2 unspecified atom stereocenters. The number of anilines is 2. The molecule has 0 amide bonds. The van der Waals surface area contributed by atoms with Crippen LogP contribution in [0.25, 0.3) is 99.4 Å². The Balaban J connectivity index is 0.000000141. The number of benzene rings is 5. The monoisotopic (exact) mass is 1590 g/mol. The number of ketones is 1. The SMILES string of the molecule is CCO/C=C/C(=O)OCC.CN1CCN(C2C=Cn3nc(-c4ccc(F)cc4)c(-c4ccncc4)c3N2)CC1.Nc1n[nH]c(-c2ccc(F)cc2)c1-c1ccncc1.O=c1ccn2nc(-c3ccc(F)cc3)c(-c3ccncc3)c2[nH]1.[C-]#[N+]/C(=C(\Cl)c1ccc(F)cc1)c1ccncc1.[C-]#[N+]C(C(=O)c1ccc(F)cc1)c1ccncc1. The molecule has 23 nitrogen and oxygen atoms in total. The number of fused-ring (bicyclic) bond motifs is 2. The van der Waals surface area contributed by atoms with Gasteiger partial charge in [0.2, 0.25) is 11.5 Å². The van der Waals surface area contributed by atoms with Crippen LogP contribution in [0.3, 0.4) is 0 Å². The van der Waals surface area contributed by atoms with Crippen LogP contribution in [-0.2, 0) is 14.3 Å². The Bertz CT molecular complexity index is 5850. The standard InChI is InChI=1S/C22H23FN6.C17H11FN4O.C14H8ClFN2.C14H11FN4.C14H9FN2O.C7H12O3/c1-27-12-14-28(15-13-27)19-8-11-29-22(25-19)20(16-6-9-24-10-7-16)21(26-29)17-2-4-18(23)5-3-17;18-13-3-1-12(2-4-13)16-15(11-5-8-19-9-6-11)17-20-14(23)7-10-22(17)21-16;1-17-14(11-6-8-18-9-7-11)13(15)10-2-4-12(16)5-3-10;15-11-3-1-10(2-4-11)13-12(14(16)19-18-13)9-5-7-17-8-6-9;1-16-13(10-6-8-17-9-7-10)14(18)11-2-4-12(15)5-3-11;1-3-9-6-5-7(8)10-4-2/h2-11,19,25H,12-15H2,1H3;1-10H,(H,20,23);2-9H;1-8H,(H3,16,18,19);2-9,13H;5-6H,3-4H2,1-2H3/b;;14-13-;;;6-5+. The number of nitrogens with zero attached hydrogens (tertiary/aromatic N) is 14. The van der Waals surface area contributed by atoms with Gasteiger partial charge in [-0.3, -0.25) is 49.4 Å². The van der Waals surface area contributed by atoms with E-state index >= 15 is 0 Å². The molecule has 2 aliphatic heterocycles. The molecule has 29 heteroatoms. The molecule has 117 heavy (non-hydrogen) atoms. The van der Waals surface area contributed by atoms with Gasteiger partial charge in [-0.1, -0.05) is 23.7 Å². The lowest BCUT2D eigenvalue weighted by Crippen LogP contribution is -2.51. The molecule has 9 aromatic heterocycles. The van der Waals surface area contributed by atoms with Crippen molar-refractivity contribution in [2.75, 3.05) is 57.5 Å². The number of hydrogen-bond donors (Lipinski definition) is 4. The maximum absolute atomic E-state index is 13.5. The summed E-state index contributed by atoms with van der Waals surface area (Å²) in [5, 5.41) is 20.2. The van der Waals surface area contributed by atoms with E-state index in [0.29, 0.717) is 63.4 Å². The Morgan fingerprint density at radius 2 is 1.04 bits per heavy atom. The van der Waals surface area contributed by atoms with Crippen LogP contribution in [0.4, 0.5) is 33.6 Å². The number of rotatable bonds is 16. The summed E-state index contributed by atoms with van der Waals surface area (Å²) in [6, 6.07) is 48.2. The number of H-pyrrole nitrogens is 2. The number of nitrogens with two attached hydrogens (primary N) is 1. The predicted molar refractivity (Wildman–Crippen MR) is 440 cm³/mol. The predicted octanol–water partition coefficient (Wildman–Crippen LogP) is 17.3. The molecule has 16 rings (SSSR count). The molecule has 5 N–H and O–H groups in total. The summed E-state index contributed by atoms with van der Waals surface area (Å²) in [7, 11) is 2.16. The van der Waals surface area contributed by atoms with Crippen molar-refractivity contribution in [3.63, 3.8) is 0 Å². The third-order valence-electron chi connectivity index (χ3n) is 17.8. The third kappa shape index (κ3) is 22.2. The number of Topliss-reactive ketones (excluding diaryl/α,β-unsaturated/α-hetero) is 1. The minimum atomic E-state index is -0.904. The van der Waals surface area contributed by atoms with Crippen molar-refractivity contribution >= 4 is 57.6 Å². The molecule has 0 spiro atoms. The van der Waals surface area contributed by atoms with Crippen LogP contribution in [0.5, 0.6) is 0 Å². The number of halogens is 6. The second-order valence-corrected chi connectivity index (χ2v) is 25.8. The molecule has 2 aliphatic rings. The molecular formula is C88H74ClF5N18O5. The van der Waals surface area contributed by atoms with Gasteiger partial charge in [0.25, 0.3) is 5.56 Å². The van der Waals surface area contributed by atoms with Crippen molar-refractivity contribution in [1.29, 1.82) is 0 Å². The van der Waals surface area contributed by atoms with Gasteiger partial charge in [0, 0.05) is 134 Å². The fourth-order valence-corrected chi connectivity index (χ4v) is 12.3. The van der Waals surface area contributed by atoms with Gasteiger partial charge in [-0.2, -0.15) is 15.3 Å². The zero-order valence-electron chi connectivity index (χ0n) is 63.1. The normalized spacial score (nSPS) is 13.2. The van der Waals surface area contributed by atoms with Gasteiger partial charge in [0.15, 0.2) is 5.82 Å². The molecule has 1 saturated heterocycles. The van der Waals surface area contributed by atoms with Gasteiger partial charge in [-0.25, -0.2) is 47.4 Å². The van der Waals surface area contributed by atoms with Crippen LogP contribution in [-0.4, -0.2) is 134 Å². The van der Waals surface area contributed by atoms with Gasteiger partial charge < -0.3 is 30.4 Å². The zero-order chi connectivity index (χ0) is 82.6. The average molecular weight is 1590 g/mol. The number of carbonyl (C=O) groups excluding carboxylic acids is 2. The second-order valence-electron chi connectivity index (χ2n) is 25.4.